The van der Waals surface area contributed by atoms with Gasteiger partial charge in [0.15, 0.2) is 0 Å². The van der Waals surface area contributed by atoms with Crippen LogP contribution in [-0.4, -0.2) is 12.5 Å². The first-order chi connectivity index (χ1) is 8.09. The lowest BCUT2D eigenvalue weighted by Crippen LogP contribution is -2.24. The van der Waals surface area contributed by atoms with Gasteiger partial charge in [-0.1, -0.05) is 26.7 Å². The topological polar surface area (TPSA) is 29.1 Å². The minimum absolute atomic E-state index is 0.00267. The number of nitrogens with one attached hydrogen (secondary N) is 1. The van der Waals surface area contributed by atoms with Crippen LogP contribution in [0.25, 0.3) is 0 Å². The zero-order valence-electron chi connectivity index (χ0n) is 10.6. The van der Waals surface area contributed by atoms with E-state index in [1.807, 2.05) is 12.1 Å². The highest BCUT2D eigenvalue weighted by molar-refractivity contribution is 7.80. The molecule has 94 valence electrons. The number of benzene rings is 1. The van der Waals surface area contributed by atoms with Crippen molar-refractivity contribution < 1.29 is 4.79 Å². The summed E-state index contributed by atoms with van der Waals surface area (Å²) in [4.78, 5) is 12.6. The number of carbonyl (C=O) groups excluding carboxylic acids is 1. The zero-order chi connectivity index (χ0) is 12.7. The van der Waals surface area contributed by atoms with E-state index in [9.17, 15) is 4.79 Å². The third kappa shape index (κ3) is 5.78. The molecule has 1 aromatic rings. The Labute approximate surface area is 109 Å². The predicted molar refractivity (Wildman–Crippen MR) is 74.7 cm³/mol. The molecule has 0 atom stereocenters. The summed E-state index contributed by atoms with van der Waals surface area (Å²) in [5.74, 6) is 0.747. The molecule has 3 heteroatoms. The lowest BCUT2D eigenvalue weighted by atomic mass is 10.1. The molecule has 0 aliphatic carbocycles. The molecule has 1 amide bonds. The minimum Gasteiger partial charge on any atom is -0.352 e. The summed E-state index contributed by atoms with van der Waals surface area (Å²) in [6, 6.07) is 7.26. The largest absolute Gasteiger partial charge is 0.352 e. The number of hydrogen-bond acceptors (Lipinski definition) is 2. The van der Waals surface area contributed by atoms with Crippen LogP contribution in [0.4, 0.5) is 0 Å². The van der Waals surface area contributed by atoms with Crippen molar-refractivity contribution in [2.45, 2.75) is 38.0 Å². The van der Waals surface area contributed by atoms with E-state index < -0.39 is 0 Å². The van der Waals surface area contributed by atoms with Crippen molar-refractivity contribution in [2.24, 2.45) is 5.92 Å². The monoisotopic (exact) mass is 251 g/mol. The first-order valence-electron chi connectivity index (χ1n) is 6.17. The smallest absolute Gasteiger partial charge is 0.251 e. The normalized spacial score (nSPS) is 10.6. The second-order valence-electron chi connectivity index (χ2n) is 4.69. The first kappa shape index (κ1) is 14.1. The van der Waals surface area contributed by atoms with E-state index >= 15 is 0 Å². The molecule has 0 radical (unpaired) electrons. The molecule has 1 N–H and O–H groups in total. The van der Waals surface area contributed by atoms with E-state index in [1.54, 1.807) is 12.1 Å². The van der Waals surface area contributed by atoms with Crippen LogP contribution in [-0.2, 0) is 0 Å². The Morgan fingerprint density at radius 2 is 1.88 bits per heavy atom. The Hall–Kier alpha value is -0.960. The molecular weight excluding hydrogens is 230 g/mol. The molecule has 0 unspecified atom stereocenters. The van der Waals surface area contributed by atoms with Crippen LogP contribution >= 0.6 is 12.6 Å². The molecule has 1 rings (SSSR count). The number of rotatable bonds is 6. The van der Waals surface area contributed by atoms with E-state index in [2.05, 4.69) is 31.8 Å². The molecular formula is C14H21NOS. The molecule has 0 aliphatic rings. The molecule has 0 fully saturated rings. The Bertz CT molecular complexity index is 346. The fourth-order valence-corrected chi connectivity index (χ4v) is 1.74. The van der Waals surface area contributed by atoms with Gasteiger partial charge in [0, 0.05) is 17.0 Å². The Morgan fingerprint density at radius 3 is 2.47 bits per heavy atom. The van der Waals surface area contributed by atoms with Gasteiger partial charge in [0.05, 0.1) is 0 Å². The molecule has 0 bridgehead atoms. The molecule has 0 heterocycles. The number of carbonyl (C=O) groups is 1. The van der Waals surface area contributed by atoms with Crippen LogP contribution in [0.3, 0.4) is 0 Å². The summed E-state index contributed by atoms with van der Waals surface area (Å²) < 4.78 is 0. The van der Waals surface area contributed by atoms with Crippen molar-refractivity contribution in [1.29, 1.82) is 0 Å². The molecule has 0 aliphatic heterocycles. The predicted octanol–water partition coefficient (Wildman–Crippen LogP) is 3.53. The average Bonchev–Trinajstić information content (AvgIpc) is 2.29. The minimum atomic E-state index is 0.00267. The summed E-state index contributed by atoms with van der Waals surface area (Å²) in [7, 11) is 0. The lowest BCUT2D eigenvalue weighted by molar-refractivity contribution is 0.0953. The molecule has 0 saturated carbocycles. The quantitative estimate of drug-likeness (QED) is 0.588. The Morgan fingerprint density at radius 1 is 1.24 bits per heavy atom. The third-order valence-corrected chi connectivity index (χ3v) is 2.92. The van der Waals surface area contributed by atoms with Gasteiger partial charge in [-0.15, -0.1) is 12.6 Å². The van der Waals surface area contributed by atoms with Crippen LogP contribution in [0.2, 0.25) is 0 Å². The fourth-order valence-electron chi connectivity index (χ4n) is 1.59. The van der Waals surface area contributed by atoms with Gasteiger partial charge >= 0.3 is 0 Å². The van der Waals surface area contributed by atoms with Gasteiger partial charge in [-0.2, -0.15) is 0 Å². The zero-order valence-corrected chi connectivity index (χ0v) is 11.5. The van der Waals surface area contributed by atoms with Gasteiger partial charge < -0.3 is 5.32 Å². The van der Waals surface area contributed by atoms with Crippen molar-refractivity contribution in [2.75, 3.05) is 6.54 Å². The fraction of sp³-hybridized carbons (Fsp3) is 0.500. The number of thiol groups is 1. The second-order valence-corrected chi connectivity index (χ2v) is 5.21. The molecule has 0 spiro atoms. The molecule has 0 saturated heterocycles. The highest BCUT2D eigenvalue weighted by Crippen LogP contribution is 2.08. The van der Waals surface area contributed by atoms with E-state index in [0.717, 1.165) is 23.8 Å². The number of unbranched alkanes of at least 4 members (excludes halogenated alkanes) is 1. The average molecular weight is 251 g/mol. The molecule has 17 heavy (non-hydrogen) atoms. The van der Waals surface area contributed by atoms with E-state index in [-0.39, 0.29) is 5.91 Å². The Balaban J connectivity index is 2.23. The second kappa shape index (κ2) is 7.38. The maximum atomic E-state index is 11.7. The van der Waals surface area contributed by atoms with E-state index in [1.165, 1.54) is 12.8 Å². The van der Waals surface area contributed by atoms with Crippen LogP contribution in [0.5, 0.6) is 0 Å². The highest BCUT2D eigenvalue weighted by atomic mass is 32.1. The van der Waals surface area contributed by atoms with Gasteiger partial charge in [-0.25, -0.2) is 0 Å². The highest BCUT2D eigenvalue weighted by Gasteiger charge is 2.03. The standard InChI is InChI=1S/C14H21NOS/c1-11(2)5-3-4-10-15-14(16)12-6-8-13(17)9-7-12/h6-9,11,17H,3-5,10H2,1-2H3,(H,15,16). The molecule has 2 nitrogen and oxygen atoms in total. The van der Waals surface area contributed by atoms with Crippen molar-refractivity contribution in [3.63, 3.8) is 0 Å². The van der Waals surface area contributed by atoms with Gasteiger partial charge in [-0.05, 0) is 36.6 Å². The molecule has 0 aromatic heterocycles. The maximum absolute atomic E-state index is 11.7. The summed E-state index contributed by atoms with van der Waals surface area (Å²) in [5.41, 5.74) is 0.701. The summed E-state index contributed by atoms with van der Waals surface area (Å²) in [6.45, 7) is 5.20. The van der Waals surface area contributed by atoms with Crippen molar-refractivity contribution in [1.82, 2.24) is 5.32 Å². The number of hydrogen-bond donors (Lipinski definition) is 2. The van der Waals surface area contributed by atoms with Crippen molar-refractivity contribution in [3.05, 3.63) is 29.8 Å². The SMILES string of the molecule is CC(C)CCCCNC(=O)c1ccc(S)cc1. The first-order valence-corrected chi connectivity index (χ1v) is 6.61. The third-order valence-electron chi connectivity index (χ3n) is 2.62. The van der Waals surface area contributed by atoms with Gasteiger partial charge in [0.1, 0.15) is 0 Å². The van der Waals surface area contributed by atoms with E-state index in [0.29, 0.717) is 5.56 Å². The van der Waals surface area contributed by atoms with Crippen molar-refractivity contribution in [3.8, 4) is 0 Å². The van der Waals surface area contributed by atoms with Gasteiger partial charge in [0.2, 0.25) is 0 Å². The van der Waals surface area contributed by atoms with Crippen LogP contribution in [0.1, 0.15) is 43.5 Å². The summed E-state index contributed by atoms with van der Waals surface area (Å²) in [5, 5.41) is 2.93. The van der Waals surface area contributed by atoms with Crippen molar-refractivity contribution >= 4 is 18.5 Å². The van der Waals surface area contributed by atoms with Crippen LogP contribution in [0.15, 0.2) is 29.2 Å². The summed E-state index contributed by atoms with van der Waals surface area (Å²) >= 11 is 4.19. The maximum Gasteiger partial charge on any atom is 0.251 e. The Kier molecular flexibility index (Phi) is 6.12. The van der Waals surface area contributed by atoms with E-state index in [4.69, 9.17) is 0 Å². The number of amides is 1. The lowest BCUT2D eigenvalue weighted by Gasteiger charge is -2.06. The van der Waals surface area contributed by atoms with Gasteiger partial charge in [0.25, 0.3) is 5.91 Å². The van der Waals surface area contributed by atoms with Crippen LogP contribution in [0, 0.1) is 5.92 Å². The van der Waals surface area contributed by atoms with Crippen LogP contribution < -0.4 is 5.32 Å². The summed E-state index contributed by atoms with van der Waals surface area (Å²) in [6.07, 6.45) is 3.45. The van der Waals surface area contributed by atoms with Gasteiger partial charge in [-0.3, -0.25) is 4.79 Å². The molecule has 1 aromatic carbocycles.